The van der Waals surface area contributed by atoms with Gasteiger partial charge < -0.3 is 25.2 Å². The number of aliphatic imine (C=N–C) groups is 1. The molecule has 0 radical (unpaired) electrons. The van der Waals surface area contributed by atoms with Gasteiger partial charge in [0.25, 0.3) is 0 Å². The van der Waals surface area contributed by atoms with Crippen LogP contribution < -0.4 is 15.4 Å². The van der Waals surface area contributed by atoms with E-state index in [4.69, 9.17) is 9.47 Å². The van der Waals surface area contributed by atoms with Crippen LogP contribution in [0.4, 0.5) is 0 Å². The van der Waals surface area contributed by atoms with Crippen LogP contribution in [0.1, 0.15) is 43.6 Å². The van der Waals surface area contributed by atoms with Crippen molar-refractivity contribution >= 4 is 29.9 Å². The largest absolute Gasteiger partial charge is 0.497 e. The fourth-order valence-electron chi connectivity index (χ4n) is 2.81. The van der Waals surface area contributed by atoms with Gasteiger partial charge in [0.15, 0.2) is 5.96 Å². The molecule has 0 heterocycles. The maximum Gasteiger partial charge on any atom is 0.191 e. The molecule has 3 N–H and O–H groups in total. The van der Waals surface area contributed by atoms with Crippen LogP contribution in [0, 0.1) is 0 Å². The zero-order valence-electron chi connectivity index (χ0n) is 18.0. The van der Waals surface area contributed by atoms with E-state index in [9.17, 15) is 5.11 Å². The molecule has 2 atom stereocenters. The summed E-state index contributed by atoms with van der Waals surface area (Å²) in [6.07, 6.45) is 0.284. The second kappa shape index (κ2) is 15.0. The van der Waals surface area contributed by atoms with Crippen molar-refractivity contribution in [2.45, 2.75) is 32.5 Å². The molecule has 0 spiro atoms. The van der Waals surface area contributed by atoms with Gasteiger partial charge in [0.1, 0.15) is 5.75 Å². The molecule has 30 heavy (non-hydrogen) atoms. The summed E-state index contributed by atoms with van der Waals surface area (Å²) in [5, 5.41) is 16.8. The second-order valence-electron chi connectivity index (χ2n) is 6.71. The number of hydrogen-bond acceptors (Lipinski definition) is 4. The number of benzene rings is 2. The first-order valence-corrected chi connectivity index (χ1v) is 10.1. The summed E-state index contributed by atoms with van der Waals surface area (Å²) >= 11 is 0. The first kappa shape index (κ1) is 26.2. The average Bonchev–Trinajstić information content (AvgIpc) is 2.77. The topological polar surface area (TPSA) is 75.1 Å². The highest BCUT2D eigenvalue weighted by atomic mass is 127. The summed E-state index contributed by atoms with van der Waals surface area (Å²) in [6.45, 7) is 6.52. The molecule has 2 aromatic rings. The number of aliphatic hydroxyl groups is 1. The van der Waals surface area contributed by atoms with Gasteiger partial charge in [0, 0.05) is 19.7 Å². The highest BCUT2D eigenvalue weighted by molar-refractivity contribution is 14.0. The molecule has 0 fully saturated rings. The van der Waals surface area contributed by atoms with Crippen LogP contribution >= 0.6 is 24.0 Å². The summed E-state index contributed by atoms with van der Waals surface area (Å²) in [5.74, 6) is 1.46. The van der Waals surface area contributed by atoms with Gasteiger partial charge in [-0.3, -0.25) is 4.99 Å². The van der Waals surface area contributed by atoms with Gasteiger partial charge in [-0.1, -0.05) is 42.5 Å². The lowest BCUT2D eigenvalue weighted by Gasteiger charge is -2.15. The van der Waals surface area contributed by atoms with Crippen molar-refractivity contribution in [3.63, 3.8) is 0 Å². The van der Waals surface area contributed by atoms with Crippen LogP contribution in [0.3, 0.4) is 0 Å². The SMILES string of the molecule is CCNC(=NCC(O)c1ccc(OC)cc1)NCCCOC(C)c1ccccc1.I. The predicted molar refractivity (Wildman–Crippen MR) is 133 cm³/mol. The van der Waals surface area contributed by atoms with Crippen molar-refractivity contribution in [2.75, 3.05) is 33.4 Å². The quantitative estimate of drug-likeness (QED) is 0.178. The minimum atomic E-state index is -0.661. The van der Waals surface area contributed by atoms with E-state index >= 15 is 0 Å². The molecule has 0 aliphatic heterocycles. The first-order chi connectivity index (χ1) is 14.1. The Balaban J connectivity index is 0.00000450. The molecule has 0 aromatic heterocycles. The monoisotopic (exact) mass is 527 g/mol. The van der Waals surface area contributed by atoms with Crippen LogP contribution in [0.2, 0.25) is 0 Å². The second-order valence-corrected chi connectivity index (χ2v) is 6.71. The van der Waals surface area contributed by atoms with E-state index in [1.165, 1.54) is 5.56 Å². The van der Waals surface area contributed by atoms with Crippen molar-refractivity contribution in [2.24, 2.45) is 4.99 Å². The standard InChI is InChI=1S/C23H33N3O3.HI/c1-4-24-23(26-17-22(27)20-11-13-21(28-3)14-12-20)25-15-8-16-29-18(2)19-9-6-5-7-10-19;/h5-7,9-14,18,22,27H,4,8,15-17H2,1-3H3,(H2,24,25,26);1H. The summed E-state index contributed by atoms with van der Waals surface area (Å²) in [5.41, 5.74) is 2.00. The predicted octanol–water partition coefficient (Wildman–Crippen LogP) is 4.07. The molecule has 0 saturated carbocycles. The smallest absolute Gasteiger partial charge is 0.191 e. The van der Waals surface area contributed by atoms with Crippen LogP contribution in [0.25, 0.3) is 0 Å². The third-order valence-corrected chi connectivity index (χ3v) is 4.52. The maximum atomic E-state index is 10.4. The van der Waals surface area contributed by atoms with Crippen molar-refractivity contribution in [3.05, 3.63) is 65.7 Å². The Hall–Kier alpha value is -1.84. The molecule has 166 valence electrons. The van der Waals surface area contributed by atoms with Crippen LogP contribution in [-0.4, -0.2) is 44.4 Å². The lowest BCUT2D eigenvalue weighted by atomic mass is 10.1. The van der Waals surface area contributed by atoms with Crippen molar-refractivity contribution < 1.29 is 14.6 Å². The molecule has 0 amide bonds. The third kappa shape index (κ3) is 9.32. The van der Waals surface area contributed by atoms with Crippen LogP contribution in [0.15, 0.2) is 59.6 Å². The van der Waals surface area contributed by atoms with Gasteiger partial charge in [0.2, 0.25) is 0 Å². The number of halogens is 1. The molecular weight excluding hydrogens is 493 g/mol. The Labute approximate surface area is 197 Å². The first-order valence-electron chi connectivity index (χ1n) is 10.1. The van der Waals surface area contributed by atoms with Crippen molar-refractivity contribution in [1.82, 2.24) is 10.6 Å². The molecule has 6 nitrogen and oxygen atoms in total. The van der Waals surface area contributed by atoms with E-state index in [2.05, 4.69) is 34.7 Å². The molecule has 7 heteroatoms. The van der Waals surface area contributed by atoms with Crippen molar-refractivity contribution in [3.8, 4) is 5.75 Å². The van der Waals surface area contributed by atoms with Crippen LogP contribution in [-0.2, 0) is 4.74 Å². The van der Waals surface area contributed by atoms with Gasteiger partial charge in [-0.25, -0.2) is 0 Å². The fraction of sp³-hybridized carbons (Fsp3) is 0.435. The zero-order chi connectivity index (χ0) is 20.9. The van der Waals surface area contributed by atoms with E-state index in [0.29, 0.717) is 12.6 Å². The Morgan fingerprint density at radius 1 is 1.03 bits per heavy atom. The van der Waals surface area contributed by atoms with E-state index in [1.807, 2.05) is 49.4 Å². The van der Waals surface area contributed by atoms with Crippen molar-refractivity contribution in [1.29, 1.82) is 0 Å². The van der Waals surface area contributed by atoms with Crippen LogP contribution in [0.5, 0.6) is 5.75 Å². The Bertz CT molecular complexity index is 726. The van der Waals surface area contributed by atoms with E-state index in [0.717, 1.165) is 30.8 Å². The summed E-state index contributed by atoms with van der Waals surface area (Å²) in [7, 11) is 1.62. The van der Waals surface area contributed by atoms with Gasteiger partial charge in [-0.2, -0.15) is 0 Å². The van der Waals surface area contributed by atoms with Gasteiger partial charge in [0.05, 0.1) is 25.9 Å². The lowest BCUT2D eigenvalue weighted by Crippen LogP contribution is -2.38. The number of aliphatic hydroxyl groups excluding tert-OH is 1. The number of nitrogens with zero attached hydrogens (tertiary/aromatic N) is 1. The molecule has 2 aromatic carbocycles. The van der Waals surface area contributed by atoms with E-state index in [1.54, 1.807) is 7.11 Å². The number of hydrogen-bond donors (Lipinski definition) is 3. The highest BCUT2D eigenvalue weighted by Crippen LogP contribution is 2.18. The highest BCUT2D eigenvalue weighted by Gasteiger charge is 2.08. The molecule has 0 bridgehead atoms. The number of rotatable bonds is 11. The Morgan fingerprint density at radius 3 is 2.37 bits per heavy atom. The normalized spacial score (nSPS) is 13.1. The summed E-state index contributed by atoms with van der Waals surface area (Å²) < 4.78 is 11.0. The molecule has 2 unspecified atom stereocenters. The maximum absolute atomic E-state index is 10.4. The number of guanidine groups is 1. The minimum Gasteiger partial charge on any atom is -0.497 e. The molecule has 0 aliphatic carbocycles. The van der Waals surface area contributed by atoms with Gasteiger partial charge >= 0.3 is 0 Å². The lowest BCUT2D eigenvalue weighted by molar-refractivity contribution is 0.0646. The summed E-state index contributed by atoms with van der Waals surface area (Å²) in [6, 6.07) is 17.6. The molecule has 0 aliphatic rings. The Kier molecular flexibility index (Phi) is 13.1. The average molecular weight is 527 g/mol. The third-order valence-electron chi connectivity index (χ3n) is 4.52. The number of methoxy groups -OCH3 is 1. The van der Waals surface area contributed by atoms with E-state index in [-0.39, 0.29) is 36.6 Å². The number of nitrogens with one attached hydrogen (secondary N) is 2. The molecule has 0 saturated heterocycles. The fourth-order valence-corrected chi connectivity index (χ4v) is 2.81. The molecule has 2 rings (SSSR count). The molecular formula is C23H34IN3O3. The van der Waals surface area contributed by atoms with E-state index < -0.39 is 6.10 Å². The zero-order valence-corrected chi connectivity index (χ0v) is 20.3. The number of ether oxygens (including phenoxy) is 2. The summed E-state index contributed by atoms with van der Waals surface area (Å²) in [4.78, 5) is 4.49. The van der Waals surface area contributed by atoms with Gasteiger partial charge in [-0.05, 0) is 43.5 Å². The minimum absolute atomic E-state index is 0. The Morgan fingerprint density at radius 2 is 1.73 bits per heavy atom. The van der Waals surface area contributed by atoms with Gasteiger partial charge in [-0.15, -0.1) is 24.0 Å².